The molecular weight excluding hydrogens is 452 g/mol. The maximum atomic E-state index is 13.3. The number of sulfonamides is 1. The second-order valence-corrected chi connectivity index (χ2v) is 10.7. The summed E-state index contributed by atoms with van der Waals surface area (Å²) >= 11 is 0. The molecular formula is C25H26N4O4S. The number of benzene rings is 2. The van der Waals surface area contributed by atoms with Crippen molar-refractivity contribution in [3.63, 3.8) is 0 Å². The number of esters is 1. The number of aryl methyl sites for hydroxylation is 2. The second kappa shape index (κ2) is 8.48. The third kappa shape index (κ3) is 3.65. The summed E-state index contributed by atoms with van der Waals surface area (Å²) in [6.07, 6.45) is 2.65. The molecule has 5 rings (SSSR count). The molecule has 1 aliphatic carbocycles. The maximum Gasteiger partial charge on any atom is 0.339 e. The molecule has 0 atom stereocenters. The quantitative estimate of drug-likeness (QED) is 0.392. The van der Waals surface area contributed by atoms with Gasteiger partial charge in [0, 0.05) is 31.7 Å². The van der Waals surface area contributed by atoms with Crippen LogP contribution >= 0.6 is 0 Å². The van der Waals surface area contributed by atoms with Crippen LogP contribution in [0.4, 0.5) is 0 Å². The van der Waals surface area contributed by atoms with Gasteiger partial charge in [-0.15, -0.1) is 0 Å². The molecule has 2 heterocycles. The minimum Gasteiger partial charge on any atom is -0.454 e. The first kappa shape index (κ1) is 22.5. The molecule has 0 unspecified atom stereocenters. The smallest absolute Gasteiger partial charge is 0.339 e. The van der Waals surface area contributed by atoms with E-state index in [1.807, 2.05) is 35.8 Å². The third-order valence-corrected chi connectivity index (χ3v) is 8.16. The summed E-state index contributed by atoms with van der Waals surface area (Å²) in [7, 11) is -0.585. The summed E-state index contributed by atoms with van der Waals surface area (Å²) < 4.78 is 33.9. The average molecular weight is 479 g/mol. The van der Waals surface area contributed by atoms with Gasteiger partial charge in [0.15, 0.2) is 0 Å². The Kier molecular flexibility index (Phi) is 5.61. The van der Waals surface area contributed by atoms with E-state index in [1.54, 1.807) is 18.2 Å². The van der Waals surface area contributed by atoms with E-state index < -0.39 is 10.0 Å². The van der Waals surface area contributed by atoms with E-state index in [0.29, 0.717) is 23.4 Å². The number of aromatic nitrogens is 3. The van der Waals surface area contributed by atoms with Gasteiger partial charge in [-0.1, -0.05) is 18.2 Å². The van der Waals surface area contributed by atoms with Crippen molar-refractivity contribution in [3.05, 3.63) is 65.1 Å². The number of fused-ring (bicyclic) bond motifs is 3. The zero-order valence-electron chi connectivity index (χ0n) is 19.4. The molecule has 0 fully saturated rings. The SMILES string of the molecule is CCn1c(COC(=O)c2c3c(nc4ccccc24)CCC3)nc2cc(S(=O)(=O)N(C)C)ccc21. The summed E-state index contributed by atoms with van der Waals surface area (Å²) in [5.74, 6) is 0.183. The summed E-state index contributed by atoms with van der Waals surface area (Å²) in [4.78, 5) is 22.8. The van der Waals surface area contributed by atoms with Crippen LogP contribution in [-0.2, 0) is 40.8 Å². The summed E-state index contributed by atoms with van der Waals surface area (Å²) in [6.45, 7) is 2.57. The zero-order valence-corrected chi connectivity index (χ0v) is 20.2. The lowest BCUT2D eigenvalue weighted by Crippen LogP contribution is -2.22. The van der Waals surface area contributed by atoms with Crippen LogP contribution in [0.5, 0.6) is 0 Å². The van der Waals surface area contributed by atoms with Gasteiger partial charge in [0.05, 0.1) is 27.0 Å². The molecule has 1 aliphatic rings. The molecule has 34 heavy (non-hydrogen) atoms. The Bertz CT molecular complexity index is 1540. The van der Waals surface area contributed by atoms with Gasteiger partial charge in [-0.25, -0.2) is 22.5 Å². The molecule has 0 bridgehead atoms. The Morgan fingerprint density at radius 1 is 1.09 bits per heavy atom. The first-order valence-electron chi connectivity index (χ1n) is 11.3. The van der Waals surface area contributed by atoms with Crippen LogP contribution in [0, 0.1) is 0 Å². The Morgan fingerprint density at radius 3 is 2.65 bits per heavy atom. The van der Waals surface area contributed by atoms with Gasteiger partial charge in [-0.3, -0.25) is 4.98 Å². The lowest BCUT2D eigenvalue weighted by Gasteiger charge is -2.12. The molecule has 4 aromatic rings. The van der Waals surface area contributed by atoms with E-state index in [0.717, 1.165) is 46.9 Å². The predicted octanol–water partition coefficient (Wildman–Crippen LogP) is 3.70. The largest absolute Gasteiger partial charge is 0.454 e. The Morgan fingerprint density at radius 2 is 1.88 bits per heavy atom. The first-order valence-corrected chi connectivity index (χ1v) is 12.7. The molecule has 0 spiro atoms. The minimum atomic E-state index is -3.57. The fourth-order valence-electron chi connectivity index (χ4n) is 4.64. The number of nitrogens with zero attached hydrogens (tertiary/aromatic N) is 4. The highest BCUT2D eigenvalue weighted by atomic mass is 32.2. The normalized spacial score (nSPS) is 13.6. The molecule has 0 aliphatic heterocycles. The van der Waals surface area contributed by atoms with Gasteiger partial charge in [0.2, 0.25) is 10.0 Å². The van der Waals surface area contributed by atoms with Crippen LogP contribution in [0.2, 0.25) is 0 Å². The van der Waals surface area contributed by atoms with Crippen molar-refractivity contribution < 1.29 is 17.9 Å². The number of imidazole rings is 1. The Labute approximate surface area is 198 Å². The topological polar surface area (TPSA) is 94.4 Å². The third-order valence-electron chi connectivity index (χ3n) is 6.35. The van der Waals surface area contributed by atoms with Crippen molar-refractivity contribution in [3.8, 4) is 0 Å². The van der Waals surface area contributed by atoms with Crippen LogP contribution in [0.3, 0.4) is 0 Å². The maximum absolute atomic E-state index is 13.3. The van der Waals surface area contributed by atoms with Crippen molar-refractivity contribution >= 4 is 37.9 Å². The highest BCUT2D eigenvalue weighted by Crippen LogP contribution is 2.31. The summed E-state index contributed by atoms with van der Waals surface area (Å²) in [5, 5.41) is 0.802. The van der Waals surface area contributed by atoms with Gasteiger partial charge in [-0.2, -0.15) is 0 Å². The number of rotatable bonds is 6. The number of carbonyl (C=O) groups is 1. The Balaban J connectivity index is 1.49. The number of ether oxygens (including phenoxy) is 1. The van der Waals surface area contributed by atoms with Crippen molar-refractivity contribution in [1.29, 1.82) is 0 Å². The number of pyridine rings is 1. The number of hydrogen-bond acceptors (Lipinski definition) is 6. The molecule has 2 aromatic heterocycles. The molecule has 0 radical (unpaired) electrons. The van der Waals surface area contributed by atoms with E-state index in [-0.39, 0.29) is 17.5 Å². The number of carbonyl (C=O) groups excluding carboxylic acids is 1. The molecule has 0 N–H and O–H groups in total. The standard InChI is InChI=1S/C25H26N4O4S/c1-4-29-22-13-12-16(34(31,32)28(2)3)14-21(22)27-23(29)15-33-25(30)24-17-8-5-6-10-19(17)26-20-11-7-9-18(20)24/h5-6,8,10,12-14H,4,7,9,11,15H2,1-3H3. The van der Waals surface area contributed by atoms with Gasteiger partial charge in [0.25, 0.3) is 0 Å². The van der Waals surface area contributed by atoms with Crippen LogP contribution in [0.15, 0.2) is 47.4 Å². The van der Waals surface area contributed by atoms with Gasteiger partial charge >= 0.3 is 5.97 Å². The van der Waals surface area contributed by atoms with Crippen LogP contribution in [-0.4, -0.2) is 47.3 Å². The molecule has 176 valence electrons. The minimum absolute atomic E-state index is 0.0114. The van der Waals surface area contributed by atoms with Crippen LogP contribution in [0.1, 0.15) is 40.8 Å². The number of para-hydroxylation sites is 1. The van der Waals surface area contributed by atoms with E-state index in [9.17, 15) is 13.2 Å². The van der Waals surface area contributed by atoms with Crippen molar-refractivity contribution in [2.45, 2.75) is 44.2 Å². The molecule has 2 aromatic carbocycles. The highest BCUT2D eigenvalue weighted by Gasteiger charge is 2.25. The van der Waals surface area contributed by atoms with Gasteiger partial charge < -0.3 is 9.30 Å². The van der Waals surface area contributed by atoms with Crippen LogP contribution in [0.25, 0.3) is 21.9 Å². The summed E-state index contributed by atoms with van der Waals surface area (Å²) in [6, 6.07) is 12.5. The van der Waals surface area contributed by atoms with E-state index in [4.69, 9.17) is 9.72 Å². The molecule has 9 heteroatoms. The van der Waals surface area contributed by atoms with Crippen molar-refractivity contribution in [2.75, 3.05) is 14.1 Å². The summed E-state index contributed by atoms with van der Waals surface area (Å²) in [5.41, 5.74) is 4.68. The van der Waals surface area contributed by atoms with Crippen molar-refractivity contribution in [1.82, 2.24) is 18.8 Å². The van der Waals surface area contributed by atoms with Gasteiger partial charge in [0.1, 0.15) is 12.4 Å². The van der Waals surface area contributed by atoms with Crippen LogP contribution < -0.4 is 0 Å². The lowest BCUT2D eigenvalue weighted by atomic mass is 10.0. The highest BCUT2D eigenvalue weighted by molar-refractivity contribution is 7.89. The zero-order chi connectivity index (χ0) is 24.0. The van der Waals surface area contributed by atoms with E-state index in [1.165, 1.54) is 18.4 Å². The lowest BCUT2D eigenvalue weighted by molar-refractivity contribution is 0.0460. The molecule has 8 nitrogen and oxygen atoms in total. The molecule has 0 saturated heterocycles. The fourth-order valence-corrected chi connectivity index (χ4v) is 5.56. The predicted molar refractivity (Wildman–Crippen MR) is 129 cm³/mol. The fraction of sp³-hybridized carbons (Fsp3) is 0.320. The molecule has 0 saturated carbocycles. The first-order chi connectivity index (χ1) is 16.3. The molecule has 0 amide bonds. The monoisotopic (exact) mass is 478 g/mol. The van der Waals surface area contributed by atoms with Crippen molar-refractivity contribution in [2.24, 2.45) is 0 Å². The Hall–Kier alpha value is -3.30. The van der Waals surface area contributed by atoms with E-state index >= 15 is 0 Å². The van der Waals surface area contributed by atoms with E-state index in [2.05, 4.69) is 4.98 Å². The second-order valence-electron chi connectivity index (χ2n) is 8.57. The number of hydrogen-bond donors (Lipinski definition) is 0. The average Bonchev–Trinajstić information content (AvgIpc) is 3.43. The van der Waals surface area contributed by atoms with Gasteiger partial charge in [-0.05, 0) is 56.0 Å².